The van der Waals surface area contributed by atoms with Crippen LogP contribution >= 0.6 is 0 Å². The predicted molar refractivity (Wildman–Crippen MR) is 44.3 cm³/mol. The van der Waals surface area contributed by atoms with Crippen LogP contribution in [0.25, 0.3) is 0 Å². The fourth-order valence-electron chi connectivity index (χ4n) is 1.50. The van der Waals surface area contributed by atoms with E-state index < -0.39 is 0 Å². The maximum Gasteiger partial charge on any atom is 0.216 e. The number of amides is 1. The Kier molecular flexibility index (Phi) is 2.88. The molecule has 1 aliphatic rings. The topological polar surface area (TPSA) is 32.3 Å². The zero-order chi connectivity index (χ0) is 8.27. The minimum Gasteiger partial charge on any atom is -0.355 e. The van der Waals surface area contributed by atoms with Crippen LogP contribution in [-0.2, 0) is 4.79 Å². The molecule has 11 heavy (non-hydrogen) atoms. The molecule has 0 spiro atoms. The van der Waals surface area contributed by atoms with Gasteiger partial charge in [-0.15, -0.1) is 0 Å². The summed E-state index contributed by atoms with van der Waals surface area (Å²) in [7, 11) is 2.11. The molecule has 1 N–H and O–H groups in total. The molecule has 3 nitrogen and oxygen atoms in total. The molecule has 0 aliphatic carbocycles. The van der Waals surface area contributed by atoms with Crippen molar-refractivity contribution in [1.82, 2.24) is 10.2 Å². The molecular formula is C8H16N2O. The van der Waals surface area contributed by atoms with Gasteiger partial charge in [-0.25, -0.2) is 0 Å². The highest BCUT2D eigenvalue weighted by molar-refractivity contribution is 5.72. The van der Waals surface area contributed by atoms with Gasteiger partial charge < -0.3 is 10.2 Å². The lowest BCUT2D eigenvalue weighted by molar-refractivity contribution is -0.119. The molecule has 1 fully saturated rings. The molecule has 0 radical (unpaired) electrons. The van der Waals surface area contributed by atoms with Gasteiger partial charge in [0.15, 0.2) is 0 Å². The van der Waals surface area contributed by atoms with Crippen LogP contribution in [0, 0.1) is 0 Å². The zero-order valence-electron chi connectivity index (χ0n) is 7.26. The Hall–Kier alpha value is -0.570. The van der Waals surface area contributed by atoms with Crippen LogP contribution in [0.15, 0.2) is 0 Å². The summed E-state index contributed by atoms with van der Waals surface area (Å²) in [6.07, 6.45) is 2.48. The Morgan fingerprint density at radius 1 is 1.73 bits per heavy atom. The maximum absolute atomic E-state index is 10.6. The van der Waals surface area contributed by atoms with Gasteiger partial charge in [-0.2, -0.15) is 0 Å². The fourth-order valence-corrected chi connectivity index (χ4v) is 1.50. The molecule has 64 valence electrons. The molecular weight excluding hydrogens is 140 g/mol. The minimum absolute atomic E-state index is 0.0744. The van der Waals surface area contributed by atoms with Crippen LogP contribution in [0.4, 0.5) is 0 Å². The van der Waals surface area contributed by atoms with Crippen molar-refractivity contribution < 1.29 is 4.79 Å². The third kappa shape index (κ3) is 2.50. The molecule has 0 aromatic heterocycles. The number of likely N-dealkylation sites (N-methyl/N-ethyl adjacent to an activating group) is 1. The molecule has 0 bridgehead atoms. The van der Waals surface area contributed by atoms with Crippen LogP contribution in [0.2, 0.25) is 0 Å². The van der Waals surface area contributed by atoms with Crippen molar-refractivity contribution in [2.45, 2.75) is 25.8 Å². The number of carbonyl (C=O) groups is 1. The van der Waals surface area contributed by atoms with Gasteiger partial charge in [0.05, 0.1) is 0 Å². The number of hydrogen-bond donors (Lipinski definition) is 1. The first kappa shape index (κ1) is 8.53. The van der Waals surface area contributed by atoms with Crippen molar-refractivity contribution in [2.75, 3.05) is 20.1 Å². The fraction of sp³-hybridized carbons (Fsp3) is 0.875. The lowest BCUT2D eigenvalue weighted by Crippen LogP contribution is -2.37. The second-order valence-corrected chi connectivity index (χ2v) is 3.21. The van der Waals surface area contributed by atoms with Gasteiger partial charge in [-0.3, -0.25) is 4.79 Å². The van der Waals surface area contributed by atoms with E-state index >= 15 is 0 Å². The normalized spacial score (nSPS) is 25.5. The van der Waals surface area contributed by atoms with Gasteiger partial charge in [-0.05, 0) is 26.4 Å². The van der Waals surface area contributed by atoms with E-state index in [9.17, 15) is 4.79 Å². The quantitative estimate of drug-likeness (QED) is 0.620. The summed E-state index contributed by atoms with van der Waals surface area (Å²) in [6.45, 7) is 3.55. The number of likely N-dealkylation sites (tertiary alicyclic amines) is 1. The highest BCUT2D eigenvalue weighted by Crippen LogP contribution is 2.13. The van der Waals surface area contributed by atoms with Gasteiger partial charge in [0.1, 0.15) is 0 Å². The molecule has 1 atom stereocenters. The summed E-state index contributed by atoms with van der Waals surface area (Å²) in [5.74, 6) is 0.0744. The number of hydrogen-bond acceptors (Lipinski definition) is 2. The van der Waals surface area contributed by atoms with Crippen LogP contribution in [-0.4, -0.2) is 37.0 Å². The smallest absolute Gasteiger partial charge is 0.216 e. The van der Waals surface area contributed by atoms with Crippen molar-refractivity contribution in [1.29, 1.82) is 0 Å². The average molecular weight is 156 g/mol. The standard InChI is InChI=1S/C8H16N2O/c1-7(11)9-6-8-4-3-5-10(8)2/h8H,3-6H2,1-2H3,(H,9,11)/t8-/m1/s1. The van der Waals surface area contributed by atoms with E-state index in [1.54, 1.807) is 6.92 Å². The van der Waals surface area contributed by atoms with E-state index in [1.165, 1.54) is 19.4 Å². The van der Waals surface area contributed by atoms with Crippen molar-refractivity contribution in [2.24, 2.45) is 0 Å². The van der Waals surface area contributed by atoms with Gasteiger partial charge in [-0.1, -0.05) is 0 Å². The first-order valence-corrected chi connectivity index (χ1v) is 4.15. The van der Waals surface area contributed by atoms with Gasteiger partial charge in [0, 0.05) is 19.5 Å². The Labute approximate surface area is 67.8 Å². The summed E-state index contributed by atoms with van der Waals surface area (Å²) in [5, 5.41) is 2.84. The highest BCUT2D eigenvalue weighted by atomic mass is 16.1. The lowest BCUT2D eigenvalue weighted by Gasteiger charge is -2.18. The summed E-state index contributed by atoms with van der Waals surface area (Å²) in [6, 6.07) is 0.568. The summed E-state index contributed by atoms with van der Waals surface area (Å²) < 4.78 is 0. The van der Waals surface area contributed by atoms with Crippen LogP contribution in [0.1, 0.15) is 19.8 Å². The third-order valence-electron chi connectivity index (χ3n) is 2.26. The molecule has 3 heteroatoms. The van der Waals surface area contributed by atoms with Gasteiger partial charge in [0.2, 0.25) is 5.91 Å². The highest BCUT2D eigenvalue weighted by Gasteiger charge is 2.20. The number of nitrogens with zero attached hydrogens (tertiary/aromatic N) is 1. The van der Waals surface area contributed by atoms with E-state index in [4.69, 9.17) is 0 Å². The van der Waals surface area contributed by atoms with E-state index in [1.807, 2.05) is 0 Å². The van der Waals surface area contributed by atoms with Crippen LogP contribution in [0.5, 0.6) is 0 Å². The molecule has 1 amide bonds. The SMILES string of the molecule is CC(=O)NC[C@H]1CCCN1C. The van der Waals surface area contributed by atoms with E-state index in [2.05, 4.69) is 17.3 Å². The molecule has 0 aromatic rings. The minimum atomic E-state index is 0.0744. The molecule has 1 saturated heterocycles. The molecule has 1 aliphatic heterocycles. The molecule has 1 rings (SSSR count). The van der Waals surface area contributed by atoms with Crippen molar-refractivity contribution in [3.8, 4) is 0 Å². The van der Waals surface area contributed by atoms with Crippen molar-refractivity contribution in [3.05, 3.63) is 0 Å². The maximum atomic E-state index is 10.6. The molecule has 1 heterocycles. The number of nitrogens with one attached hydrogen (secondary N) is 1. The number of carbonyl (C=O) groups excluding carboxylic acids is 1. The summed E-state index contributed by atoms with van der Waals surface area (Å²) >= 11 is 0. The van der Waals surface area contributed by atoms with Gasteiger partial charge >= 0.3 is 0 Å². The molecule has 0 unspecified atom stereocenters. The first-order valence-electron chi connectivity index (χ1n) is 4.15. The summed E-state index contributed by atoms with van der Waals surface area (Å²) in [4.78, 5) is 12.9. The van der Waals surface area contributed by atoms with E-state index in [-0.39, 0.29) is 5.91 Å². The zero-order valence-corrected chi connectivity index (χ0v) is 7.26. The Balaban J connectivity index is 2.20. The summed E-state index contributed by atoms with van der Waals surface area (Å²) in [5.41, 5.74) is 0. The van der Waals surface area contributed by atoms with Crippen molar-refractivity contribution in [3.63, 3.8) is 0 Å². The monoisotopic (exact) mass is 156 g/mol. The second kappa shape index (κ2) is 3.72. The molecule has 0 saturated carbocycles. The Morgan fingerprint density at radius 3 is 2.91 bits per heavy atom. The number of rotatable bonds is 2. The molecule has 0 aromatic carbocycles. The van der Waals surface area contributed by atoms with E-state index in [0.29, 0.717) is 6.04 Å². The van der Waals surface area contributed by atoms with E-state index in [0.717, 1.165) is 6.54 Å². The average Bonchev–Trinajstić information content (AvgIpc) is 2.31. The third-order valence-corrected chi connectivity index (χ3v) is 2.26. The Bertz CT molecular complexity index is 147. The van der Waals surface area contributed by atoms with Crippen molar-refractivity contribution >= 4 is 5.91 Å². The van der Waals surface area contributed by atoms with Crippen LogP contribution < -0.4 is 5.32 Å². The second-order valence-electron chi connectivity index (χ2n) is 3.21. The van der Waals surface area contributed by atoms with Crippen LogP contribution in [0.3, 0.4) is 0 Å². The Morgan fingerprint density at radius 2 is 2.45 bits per heavy atom. The lowest BCUT2D eigenvalue weighted by atomic mass is 10.2. The first-order chi connectivity index (χ1) is 5.20. The largest absolute Gasteiger partial charge is 0.355 e. The predicted octanol–water partition coefficient (Wildman–Crippen LogP) is 0.217. The van der Waals surface area contributed by atoms with Gasteiger partial charge in [0.25, 0.3) is 0 Å².